The van der Waals surface area contributed by atoms with Crippen LogP contribution in [0.3, 0.4) is 0 Å². The fraction of sp³-hybridized carbons (Fsp3) is 0.222. The van der Waals surface area contributed by atoms with Crippen molar-refractivity contribution in [3.63, 3.8) is 0 Å². The number of hydrogen-bond acceptors (Lipinski definition) is 8. The SMILES string of the molecule is O=C1/C(=C/c2ccc(-c3cccc([N+](=O)[O-])c3)o2)SC(=S)N1C1CCS(=O)(=O)C1. The number of thioether (sulfide) groups is 1. The number of rotatable bonds is 4. The molecule has 11 heteroatoms. The number of sulfone groups is 1. The van der Waals surface area contributed by atoms with Gasteiger partial charge in [0.05, 0.1) is 27.4 Å². The fourth-order valence-electron chi connectivity index (χ4n) is 3.26. The summed E-state index contributed by atoms with van der Waals surface area (Å²) in [5, 5.41) is 10.9. The summed E-state index contributed by atoms with van der Waals surface area (Å²) in [7, 11) is -3.14. The van der Waals surface area contributed by atoms with Gasteiger partial charge in [-0.05, 0) is 18.6 Å². The van der Waals surface area contributed by atoms with Crippen molar-refractivity contribution >= 4 is 55.8 Å². The monoisotopic (exact) mass is 450 g/mol. The molecule has 2 saturated heterocycles. The Bertz CT molecular complexity index is 1170. The molecule has 0 radical (unpaired) electrons. The molecule has 2 aliphatic rings. The van der Waals surface area contributed by atoms with Gasteiger partial charge >= 0.3 is 0 Å². The Hall–Kier alpha value is -2.50. The van der Waals surface area contributed by atoms with Gasteiger partial charge in [-0.25, -0.2) is 8.42 Å². The number of furan rings is 1. The van der Waals surface area contributed by atoms with Crippen molar-refractivity contribution in [1.82, 2.24) is 4.90 Å². The van der Waals surface area contributed by atoms with Gasteiger partial charge in [0.25, 0.3) is 11.6 Å². The Morgan fingerprint density at radius 2 is 2.10 bits per heavy atom. The van der Waals surface area contributed by atoms with Gasteiger partial charge in [-0.2, -0.15) is 0 Å². The minimum absolute atomic E-state index is 0.0483. The molecule has 1 atom stereocenters. The van der Waals surface area contributed by atoms with Crippen LogP contribution in [0.4, 0.5) is 5.69 Å². The molecule has 4 rings (SSSR count). The summed E-state index contributed by atoms with van der Waals surface area (Å²) in [5.41, 5.74) is 0.496. The van der Waals surface area contributed by atoms with Crippen molar-refractivity contribution in [3.8, 4) is 11.3 Å². The van der Waals surface area contributed by atoms with Crippen molar-refractivity contribution in [2.45, 2.75) is 12.5 Å². The second kappa shape index (κ2) is 7.39. The molecule has 1 unspecified atom stereocenters. The van der Waals surface area contributed by atoms with Gasteiger partial charge in [0.2, 0.25) is 0 Å². The highest BCUT2D eigenvalue weighted by atomic mass is 32.2. The first kappa shape index (κ1) is 19.8. The van der Waals surface area contributed by atoms with Crippen LogP contribution in [0.1, 0.15) is 12.2 Å². The Morgan fingerprint density at radius 1 is 1.31 bits per heavy atom. The Labute approximate surface area is 175 Å². The van der Waals surface area contributed by atoms with E-state index in [1.807, 2.05) is 0 Å². The number of benzene rings is 1. The van der Waals surface area contributed by atoms with E-state index in [0.29, 0.717) is 32.7 Å². The minimum atomic E-state index is -3.14. The van der Waals surface area contributed by atoms with Gasteiger partial charge in [0.15, 0.2) is 9.84 Å². The molecule has 1 aromatic carbocycles. The molecule has 29 heavy (non-hydrogen) atoms. The average molecular weight is 451 g/mol. The van der Waals surface area contributed by atoms with Crippen LogP contribution < -0.4 is 0 Å². The van der Waals surface area contributed by atoms with Gasteiger partial charge in [-0.15, -0.1) is 0 Å². The first-order valence-corrected chi connectivity index (χ1v) is 11.6. The highest BCUT2D eigenvalue weighted by Crippen LogP contribution is 2.37. The lowest BCUT2D eigenvalue weighted by molar-refractivity contribution is -0.384. The summed E-state index contributed by atoms with van der Waals surface area (Å²) in [6.07, 6.45) is 1.92. The molecule has 0 aliphatic carbocycles. The zero-order valence-corrected chi connectivity index (χ0v) is 17.3. The molecule has 3 heterocycles. The lowest BCUT2D eigenvalue weighted by atomic mass is 10.1. The molecular formula is C18H14N2O6S3. The van der Waals surface area contributed by atoms with E-state index in [4.69, 9.17) is 16.6 Å². The Kier molecular flexibility index (Phi) is 5.05. The third-order valence-corrected chi connectivity index (χ3v) is 7.72. The third-order valence-electron chi connectivity index (χ3n) is 4.64. The van der Waals surface area contributed by atoms with Gasteiger partial charge < -0.3 is 4.42 Å². The van der Waals surface area contributed by atoms with E-state index in [0.717, 1.165) is 11.8 Å². The maximum Gasteiger partial charge on any atom is 0.270 e. The normalized spacial score (nSPS) is 22.6. The maximum absolute atomic E-state index is 12.8. The largest absolute Gasteiger partial charge is 0.457 e. The van der Waals surface area contributed by atoms with Crippen LogP contribution >= 0.6 is 24.0 Å². The van der Waals surface area contributed by atoms with Gasteiger partial charge in [-0.3, -0.25) is 19.8 Å². The molecule has 0 bridgehead atoms. The molecule has 2 fully saturated rings. The number of nitro groups is 1. The standard InChI is InChI=1S/C18H14N2O6S3/c21-17-16(28-18(27)19(17)13-6-7-29(24,25)10-13)9-14-4-5-15(26-14)11-2-1-3-12(8-11)20(22)23/h1-5,8-9,13H,6-7,10H2/b16-9-. The van der Waals surface area contributed by atoms with Gasteiger partial charge in [0.1, 0.15) is 15.8 Å². The van der Waals surface area contributed by atoms with E-state index < -0.39 is 20.8 Å². The molecule has 8 nitrogen and oxygen atoms in total. The fourth-order valence-corrected chi connectivity index (χ4v) is 6.34. The Balaban J connectivity index is 1.56. The number of amides is 1. The summed E-state index contributed by atoms with van der Waals surface area (Å²) >= 11 is 6.38. The molecule has 0 N–H and O–H groups in total. The zero-order chi connectivity index (χ0) is 20.8. The van der Waals surface area contributed by atoms with Crippen LogP contribution in [-0.4, -0.2) is 46.0 Å². The summed E-state index contributed by atoms with van der Waals surface area (Å²) in [4.78, 5) is 24.9. The van der Waals surface area contributed by atoms with Crippen molar-refractivity contribution in [1.29, 1.82) is 0 Å². The second-order valence-electron chi connectivity index (χ2n) is 6.62. The van der Waals surface area contributed by atoms with Crippen LogP contribution in [0.15, 0.2) is 45.7 Å². The molecule has 1 amide bonds. The highest BCUT2D eigenvalue weighted by Gasteiger charge is 2.42. The smallest absolute Gasteiger partial charge is 0.270 e. The lowest BCUT2D eigenvalue weighted by Gasteiger charge is -2.20. The maximum atomic E-state index is 12.8. The predicted molar refractivity (Wildman–Crippen MR) is 113 cm³/mol. The van der Waals surface area contributed by atoms with Crippen LogP contribution in [-0.2, 0) is 14.6 Å². The average Bonchev–Trinajstić information content (AvgIpc) is 3.34. The molecule has 2 aromatic rings. The van der Waals surface area contributed by atoms with E-state index in [-0.39, 0.29) is 23.1 Å². The first-order chi connectivity index (χ1) is 13.7. The van der Waals surface area contributed by atoms with Crippen molar-refractivity contribution < 1.29 is 22.6 Å². The van der Waals surface area contributed by atoms with E-state index in [2.05, 4.69) is 0 Å². The number of non-ortho nitro benzene ring substituents is 1. The van der Waals surface area contributed by atoms with Crippen LogP contribution in [0.5, 0.6) is 0 Å². The number of carbonyl (C=O) groups excluding carboxylic acids is 1. The van der Waals surface area contributed by atoms with Crippen molar-refractivity contribution in [2.24, 2.45) is 0 Å². The van der Waals surface area contributed by atoms with Crippen LogP contribution in [0.2, 0.25) is 0 Å². The van der Waals surface area contributed by atoms with E-state index in [9.17, 15) is 23.3 Å². The topological polar surface area (TPSA) is 111 Å². The first-order valence-electron chi connectivity index (χ1n) is 8.56. The second-order valence-corrected chi connectivity index (χ2v) is 10.5. The van der Waals surface area contributed by atoms with E-state index >= 15 is 0 Å². The number of thiocarbonyl (C=S) groups is 1. The van der Waals surface area contributed by atoms with Crippen molar-refractivity contribution in [3.05, 3.63) is 57.2 Å². The molecule has 1 aromatic heterocycles. The van der Waals surface area contributed by atoms with Crippen LogP contribution in [0.25, 0.3) is 17.4 Å². The molecule has 0 spiro atoms. The predicted octanol–water partition coefficient (Wildman–Crippen LogP) is 3.24. The zero-order valence-electron chi connectivity index (χ0n) is 14.8. The quantitative estimate of drug-likeness (QED) is 0.302. The Morgan fingerprint density at radius 3 is 2.79 bits per heavy atom. The summed E-state index contributed by atoms with van der Waals surface area (Å²) in [6.45, 7) is 0. The molecule has 2 aliphatic heterocycles. The lowest BCUT2D eigenvalue weighted by Crippen LogP contribution is -2.39. The number of nitrogens with zero attached hydrogens (tertiary/aromatic N) is 2. The number of hydrogen-bond donors (Lipinski definition) is 0. The van der Waals surface area contributed by atoms with E-state index in [1.165, 1.54) is 17.0 Å². The van der Waals surface area contributed by atoms with Crippen LogP contribution in [0, 0.1) is 10.1 Å². The summed E-state index contributed by atoms with van der Waals surface area (Å²) in [6, 6.07) is 8.93. The number of carbonyl (C=O) groups is 1. The van der Waals surface area contributed by atoms with Crippen molar-refractivity contribution in [2.75, 3.05) is 11.5 Å². The molecule has 0 saturated carbocycles. The molecule has 150 valence electrons. The third kappa shape index (κ3) is 3.98. The number of nitro benzene ring substituents is 1. The van der Waals surface area contributed by atoms with Gasteiger partial charge in [0, 0.05) is 23.8 Å². The minimum Gasteiger partial charge on any atom is -0.457 e. The molecular weight excluding hydrogens is 436 g/mol. The van der Waals surface area contributed by atoms with Gasteiger partial charge in [-0.1, -0.05) is 36.1 Å². The highest BCUT2D eigenvalue weighted by molar-refractivity contribution is 8.26. The van der Waals surface area contributed by atoms with E-state index in [1.54, 1.807) is 30.3 Å². The summed E-state index contributed by atoms with van der Waals surface area (Å²) < 4.78 is 29.5. The summed E-state index contributed by atoms with van der Waals surface area (Å²) in [5.74, 6) is 0.460.